The Kier molecular flexibility index (Phi) is 2.26. The van der Waals surface area contributed by atoms with Crippen molar-refractivity contribution in [3.63, 3.8) is 0 Å². The van der Waals surface area contributed by atoms with Crippen LogP contribution in [0.2, 0.25) is 0 Å². The van der Waals surface area contributed by atoms with Crippen molar-refractivity contribution < 1.29 is 9.59 Å². The Balaban J connectivity index is 1.62. The molecule has 19 heavy (non-hydrogen) atoms. The van der Waals surface area contributed by atoms with Crippen LogP contribution < -0.4 is 0 Å². The van der Waals surface area contributed by atoms with Gasteiger partial charge in [-0.3, -0.25) is 9.59 Å². The molecule has 4 rings (SSSR count). The Labute approximate surface area is 114 Å². The molecule has 1 saturated heterocycles. The first-order chi connectivity index (χ1) is 9.25. The van der Waals surface area contributed by atoms with E-state index in [1.54, 1.807) is 6.21 Å². The molecule has 96 valence electrons. The molecule has 0 unspecified atom stereocenters. The monoisotopic (exact) mass is 272 g/mol. The number of rotatable bonds is 2. The summed E-state index contributed by atoms with van der Waals surface area (Å²) in [6.45, 7) is 0. The van der Waals surface area contributed by atoms with Gasteiger partial charge in [0.25, 0.3) is 11.8 Å². The fraction of sp³-hybridized carbons (Fsp3) is 0.357. The van der Waals surface area contributed by atoms with Gasteiger partial charge in [-0.1, -0.05) is 18.2 Å². The molecule has 2 fully saturated rings. The summed E-state index contributed by atoms with van der Waals surface area (Å²) in [6, 6.07) is 3.82. The number of nitrogens with zero attached hydrogens (tertiary/aromatic N) is 2. The van der Waals surface area contributed by atoms with Crippen molar-refractivity contribution in [2.24, 2.45) is 28.8 Å². The zero-order valence-corrected chi connectivity index (χ0v) is 10.9. The lowest BCUT2D eigenvalue weighted by Gasteiger charge is -2.13. The van der Waals surface area contributed by atoms with Crippen molar-refractivity contribution in [3.05, 3.63) is 34.5 Å². The first-order valence-corrected chi connectivity index (χ1v) is 7.27. The minimum absolute atomic E-state index is 0.125. The third-order valence-electron chi connectivity index (χ3n) is 4.29. The van der Waals surface area contributed by atoms with Gasteiger partial charge in [-0.05, 0) is 29.7 Å². The van der Waals surface area contributed by atoms with Gasteiger partial charge in [-0.2, -0.15) is 10.1 Å². The summed E-state index contributed by atoms with van der Waals surface area (Å²) in [5, 5.41) is 7.12. The van der Waals surface area contributed by atoms with E-state index >= 15 is 0 Å². The normalized spacial score (nSPS) is 35.9. The van der Waals surface area contributed by atoms with E-state index in [-0.39, 0.29) is 35.5 Å². The molecule has 0 radical (unpaired) electrons. The Morgan fingerprint density at radius 1 is 1.21 bits per heavy atom. The second-order valence-corrected chi connectivity index (χ2v) is 6.23. The van der Waals surface area contributed by atoms with Crippen molar-refractivity contribution >= 4 is 29.4 Å². The number of hydrogen-bond acceptors (Lipinski definition) is 4. The maximum Gasteiger partial charge on any atom is 0.254 e. The lowest BCUT2D eigenvalue weighted by atomic mass is 9.85. The Morgan fingerprint density at radius 3 is 2.47 bits per heavy atom. The quantitative estimate of drug-likeness (QED) is 0.469. The van der Waals surface area contributed by atoms with Crippen LogP contribution in [-0.4, -0.2) is 23.0 Å². The molecular weight excluding hydrogens is 260 g/mol. The van der Waals surface area contributed by atoms with Crippen LogP contribution in [0.1, 0.15) is 11.3 Å². The van der Waals surface area contributed by atoms with Crippen LogP contribution in [0.4, 0.5) is 0 Å². The first kappa shape index (κ1) is 11.1. The molecule has 1 aromatic rings. The van der Waals surface area contributed by atoms with Crippen molar-refractivity contribution in [2.75, 3.05) is 0 Å². The maximum absolute atomic E-state index is 12.3. The lowest BCUT2D eigenvalue weighted by molar-refractivity contribution is -0.140. The zero-order chi connectivity index (χ0) is 13.0. The molecule has 2 aliphatic carbocycles. The van der Waals surface area contributed by atoms with Crippen molar-refractivity contribution in [2.45, 2.75) is 6.42 Å². The number of carbonyl (C=O) groups excluding carboxylic acids is 2. The van der Waals surface area contributed by atoms with Crippen LogP contribution >= 0.6 is 11.3 Å². The second kappa shape index (κ2) is 3.87. The second-order valence-electron chi connectivity index (χ2n) is 5.25. The van der Waals surface area contributed by atoms with Crippen molar-refractivity contribution in [3.8, 4) is 0 Å². The van der Waals surface area contributed by atoms with E-state index in [0.29, 0.717) is 0 Å². The van der Waals surface area contributed by atoms with Crippen molar-refractivity contribution in [1.82, 2.24) is 5.01 Å². The number of carbonyl (C=O) groups is 2. The summed E-state index contributed by atoms with van der Waals surface area (Å²) in [5.41, 5.74) is 0. The topological polar surface area (TPSA) is 49.7 Å². The average Bonchev–Trinajstić information content (AvgIpc) is 3.14. The third-order valence-corrected chi connectivity index (χ3v) is 5.10. The predicted octanol–water partition coefficient (Wildman–Crippen LogP) is 1.89. The molecule has 0 aromatic carbocycles. The molecule has 4 atom stereocenters. The molecule has 2 bridgehead atoms. The Morgan fingerprint density at radius 2 is 1.89 bits per heavy atom. The van der Waals surface area contributed by atoms with Gasteiger partial charge in [0.15, 0.2) is 0 Å². The maximum atomic E-state index is 12.3. The summed E-state index contributed by atoms with van der Waals surface area (Å²) in [5.74, 6) is -0.0907. The fourth-order valence-corrected chi connectivity index (χ4v) is 4.06. The van der Waals surface area contributed by atoms with E-state index in [9.17, 15) is 9.59 Å². The van der Waals surface area contributed by atoms with Gasteiger partial charge in [0.2, 0.25) is 0 Å². The molecule has 5 heteroatoms. The van der Waals surface area contributed by atoms with Gasteiger partial charge in [0, 0.05) is 4.88 Å². The van der Waals surface area contributed by atoms with Crippen LogP contribution in [0.5, 0.6) is 0 Å². The molecule has 2 amide bonds. The molecule has 0 spiro atoms. The van der Waals surface area contributed by atoms with Crippen LogP contribution in [0.3, 0.4) is 0 Å². The van der Waals surface area contributed by atoms with Gasteiger partial charge in [-0.25, -0.2) is 0 Å². The highest BCUT2D eigenvalue weighted by Crippen LogP contribution is 2.52. The molecular formula is C14H12N2O2S. The Hall–Kier alpha value is -1.75. The highest BCUT2D eigenvalue weighted by molar-refractivity contribution is 7.11. The molecule has 4 nitrogen and oxygen atoms in total. The SMILES string of the molecule is O=C1[C@@H]2[C@@H](C(=O)N1/N=C\c1cccs1)[C@H]1C=C[C@H]2C1. The number of imide groups is 1. The highest BCUT2D eigenvalue weighted by Gasteiger charge is 2.59. The number of hydrazone groups is 1. The fourth-order valence-electron chi connectivity index (χ4n) is 3.48. The van der Waals surface area contributed by atoms with Crippen LogP contribution in [0.15, 0.2) is 34.8 Å². The average molecular weight is 272 g/mol. The van der Waals surface area contributed by atoms with E-state index in [0.717, 1.165) is 16.3 Å². The van der Waals surface area contributed by atoms with E-state index < -0.39 is 0 Å². The standard InChI is InChI=1S/C14H12N2O2S/c17-13-11-8-3-4-9(6-8)12(11)14(18)16(13)15-7-10-2-1-5-19-10/h1-5,7-9,11-12H,6H2/b15-7-/t8-,9-,11-,12-/m0/s1. The largest absolute Gasteiger partial charge is 0.272 e. The van der Waals surface area contributed by atoms with Crippen LogP contribution in [-0.2, 0) is 9.59 Å². The molecule has 0 N–H and O–H groups in total. The van der Waals surface area contributed by atoms with Gasteiger partial charge in [0.05, 0.1) is 18.1 Å². The number of thiophene rings is 1. The number of hydrogen-bond donors (Lipinski definition) is 0. The lowest BCUT2D eigenvalue weighted by Crippen LogP contribution is -2.28. The van der Waals surface area contributed by atoms with Crippen LogP contribution in [0.25, 0.3) is 0 Å². The summed E-state index contributed by atoms with van der Waals surface area (Å²) < 4.78 is 0. The summed E-state index contributed by atoms with van der Waals surface area (Å²) in [6.07, 6.45) is 6.72. The molecule has 3 aliphatic rings. The summed E-state index contributed by atoms with van der Waals surface area (Å²) in [7, 11) is 0. The van der Waals surface area contributed by atoms with E-state index in [1.165, 1.54) is 11.3 Å². The van der Waals surface area contributed by atoms with Crippen LogP contribution in [0, 0.1) is 23.7 Å². The van der Waals surface area contributed by atoms with E-state index in [2.05, 4.69) is 17.3 Å². The molecule has 1 aromatic heterocycles. The summed E-state index contributed by atoms with van der Waals surface area (Å²) in [4.78, 5) is 25.6. The van der Waals surface area contributed by atoms with Gasteiger partial charge in [-0.15, -0.1) is 11.3 Å². The third kappa shape index (κ3) is 1.48. The number of amides is 2. The minimum Gasteiger partial charge on any atom is -0.272 e. The predicted molar refractivity (Wildman–Crippen MR) is 71.5 cm³/mol. The van der Waals surface area contributed by atoms with E-state index in [1.807, 2.05) is 17.5 Å². The number of fused-ring (bicyclic) bond motifs is 5. The molecule has 1 saturated carbocycles. The minimum atomic E-state index is -0.164. The van der Waals surface area contributed by atoms with Crippen molar-refractivity contribution in [1.29, 1.82) is 0 Å². The smallest absolute Gasteiger partial charge is 0.254 e. The van der Waals surface area contributed by atoms with Gasteiger partial charge in [0.1, 0.15) is 0 Å². The number of allylic oxidation sites excluding steroid dienone is 2. The molecule has 2 heterocycles. The van der Waals surface area contributed by atoms with Gasteiger partial charge < -0.3 is 0 Å². The van der Waals surface area contributed by atoms with Gasteiger partial charge >= 0.3 is 0 Å². The zero-order valence-electron chi connectivity index (χ0n) is 10.1. The van der Waals surface area contributed by atoms with E-state index in [4.69, 9.17) is 0 Å². The first-order valence-electron chi connectivity index (χ1n) is 6.39. The summed E-state index contributed by atoms with van der Waals surface area (Å²) >= 11 is 1.53. The highest BCUT2D eigenvalue weighted by atomic mass is 32.1. The molecule has 1 aliphatic heterocycles. The Bertz CT molecular complexity index is 575.